The summed E-state index contributed by atoms with van der Waals surface area (Å²) < 4.78 is 0. The number of aliphatic imine (C=N–C) groups is 1. The molecule has 0 spiro atoms. The molecule has 8 aromatic carbocycles. The molecule has 0 atom stereocenters. The third-order valence-electron chi connectivity index (χ3n) is 8.97. The minimum Gasteiger partial charge on any atom is -0.396 e. The standard InChI is InChI=1S/C45H32N2/c1-30(35-22-18-31-10-2-6-14-36(31)26-35)44(41-24-20-33-12-4-8-16-38(33)28-41)47-45(42-25-21-34-13-5-9-17-39(34)29-42)43(46)40-23-19-32-11-3-7-15-37(32)27-40/h2-29H,1,46H2/b45-43-,47-44+. The quantitative estimate of drug-likeness (QED) is 0.150. The first-order valence-electron chi connectivity index (χ1n) is 15.9. The SMILES string of the molecule is C=C(/C(=N\C(=C(/N)c1ccc2ccccc2c1)c1ccc2ccccc2c1)c1ccc2ccccc2c1)c1ccc2ccccc2c1. The molecule has 0 aliphatic carbocycles. The Morgan fingerprint density at radius 1 is 0.383 bits per heavy atom. The summed E-state index contributed by atoms with van der Waals surface area (Å²) in [7, 11) is 0. The molecule has 8 rings (SSSR count). The number of nitrogens with zero attached hydrogens (tertiary/aromatic N) is 1. The average Bonchev–Trinajstić information content (AvgIpc) is 3.14. The highest BCUT2D eigenvalue weighted by atomic mass is 14.8. The van der Waals surface area contributed by atoms with Crippen LogP contribution in [0.25, 0.3) is 60.1 Å². The van der Waals surface area contributed by atoms with Crippen LogP contribution >= 0.6 is 0 Å². The molecule has 0 aliphatic heterocycles. The van der Waals surface area contributed by atoms with Crippen molar-refractivity contribution in [1.82, 2.24) is 0 Å². The lowest BCUT2D eigenvalue weighted by Crippen LogP contribution is -2.07. The Kier molecular flexibility index (Phi) is 7.16. The van der Waals surface area contributed by atoms with Crippen LogP contribution in [-0.4, -0.2) is 5.71 Å². The van der Waals surface area contributed by atoms with Crippen molar-refractivity contribution in [3.63, 3.8) is 0 Å². The summed E-state index contributed by atoms with van der Waals surface area (Å²) >= 11 is 0. The Morgan fingerprint density at radius 3 is 1.21 bits per heavy atom. The second-order valence-electron chi connectivity index (χ2n) is 11.9. The van der Waals surface area contributed by atoms with Crippen molar-refractivity contribution < 1.29 is 0 Å². The van der Waals surface area contributed by atoms with Gasteiger partial charge in [-0.2, -0.15) is 0 Å². The molecule has 222 valence electrons. The summed E-state index contributed by atoms with van der Waals surface area (Å²) in [6.07, 6.45) is 0. The number of hydrogen-bond donors (Lipinski definition) is 1. The highest BCUT2D eigenvalue weighted by Crippen LogP contribution is 2.33. The van der Waals surface area contributed by atoms with Gasteiger partial charge >= 0.3 is 0 Å². The topological polar surface area (TPSA) is 38.4 Å². The molecule has 2 nitrogen and oxygen atoms in total. The third kappa shape index (κ3) is 5.47. The number of fused-ring (bicyclic) bond motifs is 4. The van der Waals surface area contributed by atoms with Crippen LogP contribution in [0.3, 0.4) is 0 Å². The molecule has 0 amide bonds. The number of hydrogen-bond acceptors (Lipinski definition) is 2. The molecule has 0 unspecified atom stereocenters. The van der Waals surface area contributed by atoms with E-state index in [0.29, 0.717) is 11.4 Å². The van der Waals surface area contributed by atoms with Gasteiger partial charge in [0.05, 0.1) is 17.1 Å². The van der Waals surface area contributed by atoms with Gasteiger partial charge in [0, 0.05) is 22.3 Å². The molecule has 0 heterocycles. The highest BCUT2D eigenvalue weighted by molar-refractivity contribution is 6.33. The molecule has 2 N–H and O–H groups in total. The van der Waals surface area contributed by atoms with Crippen molar-refractivity contribution in [2.75, 3.05) is 0 Å². The molecule has 0 saturated heterocycles. The van der Waals surface area contributed by atoms with Gasteiger partial charge in [-0.05, 0) is 72.9 Å². The zero-order valence-electron chi connectivity index (χ0n) is 25.9. The number of rotatable bonds is 6. The van der Waals surface area contributed by atoms with E-state index in [1.54, 1.807) is 0 Å². The van der Waals surface area contributed by atoms with Gasteiger partial charge in [0.25, 0.3) is 0 Å². The summed E-state index contributed by atoms with van der Waals surface area (Å²) in [5, 5.41) is 9.25. The van der Waals surface area contributed by atoms with E-state index in [-0.39, 0.29) is 0 Å². The van der Waals surface area contributed by atoms with Crippen LogP contribution in [-0.2, 0) is 0 Å². The number of allylic oxidation sites excluding steroid dienone is 1. The highest BCUT2D eigenvalue weighted by Gasteiger charge is 2.17. The van der Waals surface area contributed by atoms with Gasteiger partial charge in [0.15, 0.2) is 0 Å². The van der Waals surface area contributed by atoms with Crippen LogP contribution in [0.4, 0.5) is 0 Å². The fraction of sp³-hybridized carbons (Fsp3) is 0. The zero-order chi connectivity index (χ0) is 31.7. The van der Waals surface area contributed by atoms with Crippen LogP contribution in [0.1, 0.15) is 22.3 Å². The van der Waals surface area contributed by atoms with E-state index < -0.39 is 0 Å². The lowest BCUT2D eigenvalue weighted by atomic mass is 9.93. The van der Waals surface area contributed by atoms with E-state index in [1.807, 2.05) is 0 Å². The largest absolute Gasteiger partial charge is 0.396 e. The Hall–Kier alpha value is -6.25. The summed E-state index contributed by atoms with van der Waals surface area (Å²) in [6, 6.07) is 59.3. The summed E-state index contributed by atoms with van der Waals surface area (Å²) in [5.41, 5.74) is 14.0. The first-order chi connectivity index (χ1) is 23.1. The maximum Gasteiger partial charge on any atom is 0.0945 e. The van der Waals surface area contributed by atoms with E-state index in [2.05, 4.69) is 176 Å². The fourth-order valence-electron chi connectivity index (χ4n) is 6.38. The Morgan fingerprint density at radius 2 is 0.723 bits per heavy atom. The number of benzene rings is 8. The van der Waals surface area contributed by atoms with E-state index in [1.165, 1.54) is 21.5 Å². The molecule has 8 aromatic rings. The fourth-order valence-corrected chi connectivity index (χ4v) is 6.38. The monoisotopic (exact) mass is 600 g/mol. The van der Waals surface area contributed by atoms with Crippen molar-refractivity contribution in [2.24, 2.45) is 10.7 Å². The molecular weight excluding hydrogens is 569 g/mol. The van der Waals surface area contributed by atoms with E-state index in [9.17, 15) is 0 Å². The van der Waals surface area contributed by atoms with Crippen molar-refractivity contribution in [1.29, 1.82) is 0 Å². The predicted molar refractivity (Wildman–Crippen MR) is 202 cm³/mol. The van der Waals surface area contributed by atoms with Crippen LogP contribution in [0.2, 0.25) is 0 Å². The second-order valence-corrected chi connectivity index (χ2v) is 11.9. The Balaban J connectivity index is 1.39. The zero-order valence-corrected chi connectivity index (χ0v) is 25.9. The van der Waals surface area contributed by atoms with Crippen LogP contribution in [0.15, 0.2) is 181 Å². The summed E-state index contributed by atoms with van der Waals surface area (Å²) in [4.78, 5) is 5.51. The van der Waals surface area contributed by atoms with E-state index in [4.69, 9.17) is 10.7 Å². The summed E-state index contributed by atoms with van der Waals surface area (Å²) in [5.74, 6) is 0. The van der Waals surface area contributed by atoms with Gasteiger partial charge in [-0.15, -0.1) is 0 Å². The maximum absolute atomic E-state index is 7.18. The van der Waals surface area contributed by atoms with Gasteiger partial charge in [-0.1, -0.05) is 152 Å². The maximum atomic E-state index is 7.18. The molecule has 0 saturated carbocycles. The molecule has 0 aromatic heterocycles. The molecule has 0 aliphatic rings. The molecular formula is C45H32N2. The molecule has 0 fully saturated rings. The van der Waals surface area contributed by atoms with E-state index in [0.717, 1.165) is 55.1 Å². The average molecular weight is 601 g/mol. The minimum absolute atomic E-state index is 0.607. The van der Waals surface area contributed by atoms with Crippen molar-refractivity contribution in [2.45, 2.75) is 0 Å². The normalized spacial score (nSPS) is 12.5. The first kappa shape index (κ1) is 28.2. The number of nitrogens with two attached hydrogens (primary N) is 1. The van der Waals surface area contributed by atoms with Crippen molar-refractivity contribution in [3.05, 3.63) is 199 Å². The van der Waals surface area contributed by atoms with E-state index >= 15 is 0 Å². The molecule has 0 radical (unpaired) electrons. The van der Waals surface area contributed by atoms with Crippen LogP contribution in [0.5, 0.6) is 0 Å². The minimum atomic E-state index is 0.607. The summed E-state index contributed by atoms with van der Waals surface area (Å²) in [6.45, 7) is 4.66. The first-order valence-corrected chi connectivity index (χ1v) is 15.9. The predicted octanol–water partition coefficient (Wildman–Crippen LogP) is 11.3. The molecule has 2 heteroatoms. The second kappa shape index (κ2) is 11.9. The van der Waals surface area contributed by atoms with Gasteiger partial charge in [-0.3, -0.25) is 0 Å². The molecule has 47 heavy (non-hydrogen) atoms. The third-order valence-corrected chi connectivity index (χ3v) is 8.97. The van der Waals surface area contributed by atoms with Gasteiger partial charge in [-0.25, -0.2) is 4.99 Å². The van der Waals surface area contributed by atoms with Gasteiger partial charge in [0.1, 0.15) is 0 Å². The van der Waals surface area contributed by atoms with Gasteiger partial charge < -0.3 is 5.73 Å². The van der Waals surface area contributed by atoms with Crippen LogP contribution in [0, 0.1) is 0 Å². The van der Waals surface area contributed by atoms with Crippen molar-refractivity contribution >= 4 is 65.8 Å². The smallest absolute Gasteiger partial charge is 0.0945 e. The lowest BCUT2D eigenvalue weighted by Gasteiger charge is -2.16. The lowest BCUT2D eigenvalue weighted by molar-refractivity contribution is 1.45. The Labute approximate surface area is 274 Å². The molecule has 0 bridgehead atoms. The van der Waals surface area contributed by atoms with Gasteiger partial charge in [0.2, 0.25) is 0 Å². The Bertz CT molecular complexity index is 2550. The van der Waals surface area contributed by atoms with Crippen molar-refractivity contribution in [3.8, 4) is 0 Å². The van der Waals surface area contributed by atoms with Crippen LogP contribution < -0.4 is 5.73 Å².